The molecule has 0 spiro atoms. The van der Waals surface area contributed by atoms with Crippen LogP contribution in [-0.4, -0.2) is 47.9 Å². The van der Waals surface area contributed by atoms with E-state index in [1.54, 1.807) is 6.92 Å². The standard InChI is InChI=1S/C8H14N2O4/c1-2-9-7(11)14-6-3-4-10(5-6)8(12)13/h6H,2-5H2,1H3,(H,9,11)(H,12,13). The Bertz CT molecular complexity index is 231. The monoisotopic (exact) mass is 202 g/mol. The molecular weight excluding hydrogens is 188 g/mol. The topological polar surface area (TPSA) is 78.9 Å². The van der Waals surface area contributed by atoms with Gasteiger partial charge in [-0.3, -0.25) is 0 Å². The summed E-state index contributed by atoms with van der Waals surface area (Å²) in [5.41, 5.74) is 0. The number of carbonyl (C=O) groups is 2. The Morgan fingerprint density at radius 2 is 2.36 bits per heavy atom. The summed E-state index contributed by atoms with van der Waals surface area (Å²) in [6.45, 7) is 3.00. The van der Waals surface area contributed by atoms with Crippen LogP contribution in [0.15, 0.2) is 0 Å². The fraction of sp³-hybridized carbons (Fsp3) is 0.750. The van der Waals surface area contributed by atoms with E-state index in [0.717, 1.165) is 0 Å². The molecule has 6 heteroatoms. The quantitative estimate of drug-likeness (QED) is 0.682. The molecule has 1 atom stereocenters. The second kappa shape index (κ2) is 4.69. The first-order valence-corrected chi connectivity index (χ1v) is 4.55. The molecule has 1 rings (SSSR count). The predicted molar refractivity (Wildman–Crippen MR) is 48.2 cm³/mol. The van der Waals surface area contributed by atoms with E-state index >= 15 is 0 Å². The average Bonchev–Trinajstić information content (AvgIpc) is 2.53. The maximum Gasteiger partial charge on any atom is 0.407 e. The van der Waals surface area contributed by atoms with Gasteiger partial charge in [0.15, 0.2) is 0 Å². The number of hydrogen-bond acceptors (Lipinski definition) is 3. The summed E-state index contributed by atoms with van der Waals surface area (Å²) in [5, 5.41) is 11.1. The van der Waals surface area contributed by atoms with Gasteiger partial charge in [0.05, 0.1) is 6.54 Å². The van der Waals surface area contributed by atoms with Gasteiger partial charge in [0.25, 0.3) is 0 Å². The maximum absolute atomic E-state index is 11.0. The van der Waals surface area contributed by atoms with Gasteiger partial charge in [0.2, 0.25) is 0 Å². The lowest BCUT2D eigenvalue weighted by Crippen LogP contribution is -2.32. The van der Waals surface area contributed by atoms with Gasteiger partial charge in [-0.15, -0.1) is 0 Å². The molecule has 6 nitrogen and oxygen atoms in total. The highest BCUT2D eigenvalue weighted by molar-refractivity contribution is 5.68. The third kappa shape index (κ3) is 2.79. The molecular formula is C8H14N2O4. The van der Waals surface area contributed by atoms with Gasteiger partial charge in [-0.2, -0.15) is 0 Å². The number of nitrogens with zero attached hydrogens (tertiary/aromatic N) is 1. The lowest BCUT2D eigenvalue weighted by molar-refractivity contribution is 0.0980. The van der Waals surface area contributed by atoms with Crippen LogP contribution >= 0.6 is 0 Å². The molecule has 0 saturated carbocycles. The van der Waals surface area contributed by atoms with Crippen LogP contribution in [0.25, 0.3) is 0 Å². The molecule has 1 aliphatic heterocycles. The highest BCUT2D eigenvalue weighted by Gasteiger charge is 2.28. The Balaban J connectivity index is 2.28. The molecule has 1 saturated heterocycles. The minimum absolute atomic E-state index is 0.270. The first-order chi connectivity index (χ1) is 6.63. The van der Waals surface area contributed by atoms with Crippen LogP contribution in [0.5, 0.6) is 0 Å². The molecule has 2 N–H and O–H groups in total. The summed E-state index contributed by atoms with van der Waals surface area (Å²) in [7, 11) is 0. The zero-order valence-electron chi connectivity index (χ0n) is 8.02. The number of hydrogen-bond donors (Lipinski definition) is 2. The highest BCUT2D eigenvalue weighted by Crippen LogP contribution is 2.12. The van der Waals surface area contributed by atoms with Gasteiger partial charge < -0.3 is 20.1 Å². The first-order valence-electron chi connectivity index (χ1n) is 4.55. The third-order valence-corrected chi connectivity index (χ3v) is 2.01. The predicted octanol–water partition coefficient (Wildman–Crippen LogP) is 0.485. The Morgan fingerprint density at radius 3 is 2.86 bits per heavy atom. The van der Waals surface area contributed by atoms with Crippen molar-refractivity contribution in [1.29, 1.82) is 0 Å². The molecule has 0 aromatic heterocycles. The lowest BCUT2D eigenvalue weighted by Gasteiger charge is -2.13. The van der Waals surface area contributed by atoms with Crippen molar-refractivity contribution in [2.45, 2.75) is 19.4 Å². The zero-order valence-corrected chi connectivity index (χ0v) is 8.02. The van der Waals surface area contributed by atoms with Crippen molar-refractivity contribution in [3.05, 3.63) is 0 Å². The number of rotatable bonds is 2. The second-order valence-corrected chi connectivity index (χ2v) is 3.07. The average molecular weight is 202 g/mol. The number of carbonyl (C=O) groups excluding carboxylic acids is 1. The molecule has 14 heavy (non-hydrogen) atoms. The van der Waals surface area contributed by atoms with E-state index in [-0.39, 0.29) is 12.6 Å². The molecule has 1 heterocycles. The third-order valence-electron chi connectivity index (χ3n) is 2.01. The molecule has 0 aromatic carbocycles. The van der Waals surface area contributed by atoms with Crippen LogP contribution in [0.2, 0.25) is 0 Å². The van der Waals surface area contributed by atoms with E-state index in [2.05, 4.69) is 5.32 Å². The van der Waals surface area contributed by atoms with E-state index < -0.39 is 12.2 Å². The largest absolute Gasteiger partial charge is 0.465 e. The number of alkyl carbamates (subject to hydrolysis) is 1. The van der Waals surface area contributed by atoms with E-state index in [0.29, 0.717) is 19.5 Å². The van der Waals surface area contributed by atoms with E-state index in [1.165, 1.54) is 4.90 Å². The first kappa shape index (κ1) is 10.6. The fourth-order valence-electron chi connectivity index (χ4n) is 1.34. The SMILES string of the molecule is CCNC(=O)OC1CCN(C(=O)O)C1. The Kier molecular flexibility index (Phi) is 3.55. The fourth-order valence-corrected chi connectivity index (χ4v) is 1.34. The number of nitrogens with one attached hydrogen (secondary N) is 1. The van der Waals surface area contributed by atoms with Crippen LogP contribution in [0, 0.1) is 0 Å². The van der Waals surface area contributed by atoms with Crippen LogP contribution < -0.4 is 5.32 Å². The van der Waals surface area contributed by atoms with Gasteiger partial charge in [0, 0.05) is 19.5 Å². The number of amides is 2. The van der Waals surface area contributed by atoms with Crippen molar-refractivity contribution >= 4 is 12.2 Å². The molecule has 1 unspecified atom stereocenters. The molecule has 0 bridgehead atoms. The summed E-state index contributed by atoms with van der Waals surface area (Å²) >= 11 is 0. The van der Waals surface area contributed by atoms with Crippen molar-refractivity contribution < 1.29 is 19.4 Å². The smallest absolute Gasteiger partial charge is 0.407 e. The maximum atomic E-state index is 11.0. The Morgan fingerprint density at radius 1 is 1.64 bits per heavy atom. The minimum atomic E-state index is -0.966. The molecule has 0 aromatic rings. The Hall–Kier alpha value is -1.46. The van der Waals surface area contributed by atoms with E-state index in [1.807, 2.05) is 0 Å². The zero-order chi connectivity index (χ0) is 10.6. The van der Waals surface area contributed by atoms with Crippen molar-refractivity contribution in [1.82, 2.24) is 10.2 Å². The molecule has 0 aliphatic carbocycles. The molecule has 0 radical (unpaired) electrons. The number of likely N-dealkylation sites (tertiary alicyclic amines) is 1. The minimum Gasteiger partial charge on any atom is -0.465 e. The van der Waals surface area contributed by atoms with Crippen LogP contribution in [0.3, 0.4) is 0 Å². The molecule has 1 fully saturated rings. The summed E-state index contributed by atoms with van der Waals surface area (Å²) < 4.78 is 4.98. The van der Waals surface area contributed by atoms with Crippen molar-refractivity contribution in [2.75, 3.05) is 19.6 Å². The van der Waals surface area contributed by atoms with E-state index in [9.17, 15) is 9.59 Å². The van der Waals surface area contributed by atoms with Gasteiger partial charge in [-0.25, -0.2) is 9.59 Å². The van der Waals surface area contributed by atoms with Crippen LogP contribution in [0.1, 0.15) is 13.3 Å². The van der Waals surface area contributed by atoms with Gasteiger partial charge in [0.1, 0.15) is 6.10 Å². The summed E-state index contributed by atoms with van der Waals surface area (Å²) in [6, 6.07) is 0. The van der Waals surface area contributed by atoms with Gasteiger partial charge >= 0.3 is 12.2 Å². The van der Waals surface area contributed by atoms with Gasteiger partial charge in [-0.1, -0.05) is 0 Å². The normalized spacial score (nSPS) is 20.6. The van der Waals surface area contributed by atoms with Crippen LogP contribution in [-0.2, 0) is 4.74 Å². The summed E-state index contributed by atoms with van der Waals surface area (Å²) in [5.74, 6) is 0. The molecule has 1 aliphatic rings. The lowest BCUT2D eigenvalue weighted by atomic mass is 10.3. The van der Waals surface area contributed by atoms with Crippen molar-refractivity contribution in [2.24, 2.45) is 0 Å². The Labute approximate surface area is 81.8 Å². The molecule has 2 amide bonds. The van der Waals surface area contributed by atoms with Crippen molar-refractivity contribution in [3.8, 4) is 0 Å². The summed E-state index contributed by atoms with van der Waals surface area (Å²) in [6.07, 6.45) is -1.18. The van der Waals surface area contributed by atoms with Crippen LogP contribution in [0.4, 0.5) is 9.59 Å². The number of ether oxygens (including phenoxy) is 1. The number of carboxylic acid groups (broad SMARTS) is 1. The molecule has 80 valence electrons. The second-order valence-electron chi connectivity index (χ2n) is 3.07. The van der Waals surface area contributed by atoms with Crippen molar-refractivity contribution in [3.63, 3.8) is 0 Å². The summed E-state index contributed by atoms with van der Waals surface area (Å²) in [4.78, 5) is 22.7. The highest BCUT2D eigenvalue weighted by atomic mass is 16.6. The van der Waals surface area contributed by atoms with E-state index in [4.69, 9.17) is 9.84 Å². The van der Waals surface area contributed by atoms with Gasteiger partial charge in [-0.05, 0) is 6.92 Å².